The Hall–Kier alpha value is -2.86. The zero-order valence-electron chi connectivity index (χ0n) is 16.5. The molecule has 1 heterocycles. The van der Waals surface area contributed by atoms with Gasteiger partial charge in [0.2, 0.25) is 0 Å². The summed E-state index contributed by atoms with van der Waals surface area (Å²) in [5.74, 6) is -0.0594. The molecule has 0 radical (unpaired) electrons. The molecule has 0 spiro atoms. The van der Waals surface area contributed by atoms with Crippen molar-refractivity contribution in [3.63, 3.8) is 0 Å². The third kappa shape index (κ3) is 3.98. The first kappa shape index (κ1) is 19.5. The van der Waals surface area contributed by atoms with Gasteiger partial charge < -0.3 is 19.2 Å². The van der Waals surface area contributed by atoms with Crippen molar-refractivity contribution in [2.75, 3.05) is 7.05 Å². The van der Waals surface area contributed by atoms with E-state index in [1.54, 1.807) is 25.2 Å². The van der Waals surface area contributed by atoms with E-state index in [2.05, 4.69) is 0 Å². The van der Waals surface area contributed by atoms with Crippen LogP contribution < -0.4 is 4.74 Å². The van der Waals surface area contributed by atoms with Gasteiger partial charge in [0.1, 0.15) is 29.4 Å². The first-order valence-corrected chi connectivity index (χ1v) is 9.80. The van der Waals surface area contributed by atoms with Gasteiger partial charge >= 0.3 is 0 Å². The summed E-state index contributed by atoms with van der Waals surface area (Å²) in [5.41, 5.74) is 1.74. The lowest BCUT2D eigenvalue weighted by molar-refractivity contribution is -0.0418. The highest BCUT2D eigenvalue weighted by atomic mass is 19.1. The van der Waals surface area contributed by atoms with Crippen LogP contribution in [0.2, 0.25) is 0 Å². The number of nitrogens with zero attached hydrogens (tertiary/aromatic N) is 1. The monoisotopic (exact) mass is 397 g/mol. The zero-order valence-corrected chi connectivity index (χ0v) is 16.5. The number of aryl methyl sites for hydroxylation is 1. The Morgan fingerprint density at radius 1 is 1.21 bits per heavy atom. The standard InChI is InChI=1S/C23H24FNO4/c1-14-9-10-19-15(11-14)12-21(29-19)23(27)25(2)18-7-4-8-20(22(18)26)28-17-6-3-5-16(24)13-17/h3,5-6,9-13,18,20,22,26H,4,7-8H2,1-2H3/t18-,20-,22-/m1/s1. The number of benzene rings is 2. The topological polar surface area (TPSA) is 62.9 Å². The van der Waals surface area contributed by atoms with Crippen molar-refractivity contribution < 1.29 is 23.4 Å². The van der Waals surface area contributed by atoms with Crippen LogP contribution >= 0.6 is 0 Å². The molecule has 0 bridgehead atoms. The highest BCUT2D eigenvalue weighted by Crippen LogP contribution is 2.29. The van der Waals surface area contributed by atoms with Crippen LogP contribution in [0, 0.1) is 12.7 Å². The van der Waals surface area contributed by atoms with Gasteiger partial charge in [0.15, 0.2) is 5.76 Å². The SMILES string of the molecule is Cc1ccc2oc(C(=O)N(C)[C@@H]3CCC[C@@H](Oc4cccc(F)c4)[C@@H]3O)cc2c1. The number of aliphatic hydroxyl groups excluding tert-OH is 1. The second kappa shape index (κ2) is 7.87. The van der Waals surface area contributed by atoms with E-state index in [-0.39, 0.29) is 11.7 Å². The van der Waals surface area contributed by atoms with Gasteiger partial charge in [0.05, 0.1) is 6.04 Å². The molecule has 1 aliphatic rings. The van der Waals surface area contributed by atoms with E-state index in [1.165, 1.54) is 17.0 Å². The number of halogens is 1. The summed E-state index contributed by atoms with van der Waals surface area (Å²) >= 11 is 0. The van der Waals surface area contributed by atoms with Crippen LogP contribution in [0.25, 0.3) is 11.0 Å². The van der Waals surface area contributed by atoms with E-state index in [4.69, 9.17) is 9.15 Å². The van der Waals surface area contributed by atoms with Crippen LogP contribution in [0.1, 0.15) is 35.4 Å². The molecule has 1 aromatic heterocycles. The Labute approximate surface area is 168 Å². The second-order valence-corrected chi connectivity index (χ2v) is 7.67. The normalized spacial score (nSPS) is 21.9. The molecule has 6 heteroatoms. The van der Waals surface area contributed by atoms with E-state index < -0.39 is 24.1 Å². The number of likely N-dealkylation sites (N-methyl/N-ethyl adjacent to an activating group) is 1. The molecule has 4 rings (SSSR count). The average molecular weight is 397 g/mol. The van der Waals surface area contributed by atoms with Crippen molar-refractivity contribution >= 4 is 16.9 Å². The molecule has 1 fully saturated rings. The summed E-state index contributed by atoms with van der Waals surface area (Å²) in [6.45, 7) is 1.98. The molecule has 152 valence electrons. The fourth-order valence-corrected chi connectivity index (χ4v) is 3.98. The number of rotatable bonds is 4. The van der Waals surface area contributed by atoms with Gasteiger partial charge in [-0.05, 0) is 56.5 Å². The largest absolute Gasteiger partial charge is 0.488 e. The van der Waals surface area contributed by atoms with E-state index >= 15 is 0 Å². The summed E-state index contributed by atoms with van der Waals surface area (Å²) in [6, 6.07) is 12.9. The lowest BCUT2D eigenvalue weighted by Gasteiger charge is -2.39. The number of aliphatic hydroxyl groups is 1. The lowest BCUT2D eigenvalue weighted by atomic mass is 9.88. The van der Waals surface area contributed by atoms with Crippen LogP contribution in [-0.4, -0.2) is 41.2 Å². The number of carbonyl (C=O) groups excluding carboxylic acids is 1. The summed E-state index contributed by atoms with van der Waals surface area (Å²) in [7, 11) is 1.67. The molecule has 2 aromatic carbocycles. The molecule has 3 atom stereocenters. The van der Waals surface area contributed by atoms with E-state index in [0.29, 0.717) is 24.2 Å². The predicted octanol–water partition coefficient (Wildman–Crippen LogP) is 4.31. The maximum atomic E-state index is 13.4. The van der Waals surface area contributed by atoms with Gasteiger partial charge in [-0.2, -0.15) is 0 Å². The summed E-state index contributed by atoms with van der Waals surface area (Å²) in [4.78, 5) is 14.5. The van der Waals surface area contributed by atoms with Crippen molar-refractivity contribution in [2.45, 2.75) is 44.4 Å². The second-order valence-electron chi connectivity index (χ2n) is 7.67. The Kier molecular flexibility index (Phi) is 5.28. The molecule has 29 heavy (non-hydrogen) atoms. The number of carbonyl (C=O) groups is 1. The molecular formula is C23H24FNO4. The van der Waals surface area contributed by atoms with Crippen LogP contribution in [0.3, 0.4) is 0 Å². The van der Waals surface area contributed by atoms with E-state index in [1.807, 2.05) is 25.1 Å². The van der Waals surface area contributed by atoms with E-state index in [0.717, 1.165) is 17.4 Å². The van der Waals surface area contributed by atoms with Crippen molar-refractivity contribution in [3.8, 4) is 5.75 Å². The average Bonchev–Trinajstić information content (AvgIpc) is 3.11. The van der Waals surface area contributed by atoms with Crippen molar-refractivity contribution in [1.82, 2.24) is 4.90 Å². The molecule has 1 aliphatic carbocycles. The predicted molar refractivity (Wildman–Crippen MR) is 108 cm³/mol. The minimum atomic E-state index is -0.882. The third-order valence-electron chi connectivity index (χ3n) is 5.55. The van der Waals surface area contributed by atoms with Gasteiger partial charge in [-0.15, -0.1) is 0 Å². The quantitative estimate of drug-likeness (QED) is 0.712. The zero-order chi connectivity index (χ0) is 20.5. The Balaban J connectivity index is 1.50. The first-order chi connectivity index (χ1) is 13.9. The number of furan rings is 1. The Morgan fingerprint density at radius 3 is 2.83 bits per heavy atom. The minimum Gasteiger partial charge on any atom is -0.488 e. The molecule has 5 nitrogen and oxygen atoms in total. The Morgan fingerprint density at radius 2 is 2.03 bits per heavy atom. The van der Waals surface area contributed by atoms with Gasteiger partial charge in [0, 0.05) is 18.5 Å². The van der Waals surface area contributed by atoms with Gasteiger partial charge in [-0.1, -0.05) is 17.7 Å². The first-order valence-electron chi connectivity index (χ1n) is 9.80. The molecule has 0 aliphatic heterocycles. The van der Waals surface area contributed by atoms with Crippen LogP contribution in [0.4, 0.5) is 4.39 Å². The highest BCUT2D eigenvalue weighted by molar-refractivity contribution is 5.96. The van der Waals surface area contributed by atoms with Crippen LogP contribution in [-0.2, 0) is 0 Å². The molecule has 1 amide bonds. The minimum absolute atomic E-state index is 0.244. The number of fused-ring (bicyclic) bond motifs is 1. The van der Waals surface area contributed by atoms with Gasteiger partial charge in [0.25, 0.3) is 5.91 Å². The van der Waals surface area contributed by atoms with E-state index in [9.17, 15) is 14.3 Å². The third-order valence-corrected chi connectivity index (χ3v) is 5.55. The lowest BCUT2D eigenvalue weighted by Crippen LogP contribution is -2.53. The van der Waals surface area contributed by atoms with Crippen molar-refractivity contribution in [3.05, 3.63) is 65.7 Å². The van der Waals surface area contributed by atoms with Crippen molar-refractivity contribution in [2.24, 2.45) is 0 Å². The smallest absolute Gasteiger partial charge is 0.289 e. The maximum absolute atomic E-state index is 13.4. The molecule has 3 aromatic rings. The number of amides is 1. The maximum Gasteiger partial charge on any atom is 0.289 e. The highest BCUT2D eigenvalue weighted by Gasteiger charge is 2.38. The fraction of sp³-hybridized carbons (Fsp3) is 0.348. The molecule has 0 saturated heterocycles. The number of hydrogen-bond donors (Lipinski definition) is 1. The molecular weight excluding hydrogens is 373 g/mol. The summed E-state index contributed by atoms with van der Waals surface area (Å²) in [6.07, 6.45) is 0.696. The summed E-state index contributed by atoms with van der Waals surface area (Å²) in [5, 5.41) is 11.7. The molecule has 1 saturated carbocycles. The van der Waals surface area contributed by atoms with Crippen LogP contribution in [0.15, 0.2) is 52.9 Å². The summed E-state index contributed by atoms with van der Waals surface area (Å²) < 4.78 is 25.0. The van der Waals surface area contributed by atoms with Gasteiger partial charge in [-0.3, -0.25) is 4.79 Å². The van der Waals surface area contributed by atoms with Gasteiger partial charge in [-0.25, -0.2) is 4.39 Å². The fourth-order valence-electron chi connectivity index (χ4n) is 3.98. The van der Waals surface area contributed by atoms with Crippen LogP contribution in [0.5, 0.6) is 5.75 Å². The number of hydrogen-bond acceptors (Lipinski definition) is 4. The molecule has 0 unspecified atom stereocenters. The molecule has 1 N–H and O–H groups in total. The van der Waals surface area contributed by atoms with Crippen molar-refractivity contribution in [1.29, 1.82) is 0 Å². The Bertz CT molecular complexity index is 1030. The number of ether oxygens (including phenoxy) is 1.